The highest BCUT2D eigenvalue weighted by atomic mass is 19.3. The Kier molecular flexibility index (Phi) is 2.64. The van der Waals surface area contributed by atoms with E-state index in [0.717, 1.165) is 4.57 Å². The molecule has 2 heterocycles. The van der Waals surface area contributed by atoms with Crippen molar-refractivity contribution in [2.45, 2.75) is 18.9 Å². The molecular weight excluding hydrogens is 240 g/mol. The van der Waals surface area contributed by atoms with E-state index < -0.39 is 18.9 Å². The summed E-state index contributed by atoms with van der Waals surface area (Å²) in [5, 5.41) is 0. The predicted molar refractivity (Wildman–Crippen MR) is 52.9 cm³/mol. The van der Waals surface area contributed by atoms with E-state index in [1.165, 1.54) is 18.5 Å². The topological polar surface area (TPSA) is 56.7 Å². The highest BCUT2D eigenvalue weighted by Crippen LogP contribution is 2.28. The number of nitrogens with zero attached hydrogens (tertiary/aromatic N) is 3. The zero-order valence-electron chi connectivity index (χ0n) is 8.45. The Labute approximate surface area is 93.1 Å². The van der Waals surface area contributed by atoms with E-state index in [2.05, 4.69) is 9.97 Å². The number of nitrogens with two attached hydrogens (primary N) is 1. The second-order valence-corrected chi connectivity index (χ2v) is 3.48. The molecule has 92 valence electrons. The fourth-order valence-electron chi connectivity index (χ4n) is 1.45. The summed E-state index contributed by atoms with van der Waals surface area (Å²) in [6.45, 7) is -1.21. The number of hydrogen-bond donors (Lipinski definition) is 1. The molecule has 2 aromatic rings. The van der Waals surface area contributed by atoms with Gasteiger partial charge in [0, 0.05) is 6.20 Å². The molecule has 0 spiro atoms. The Morgan fingerprint density at radius 1 is 1.41 bits per heavy atom. The van der Waals surface area contributed by atoms with Crippen LogP contribution < -0.4 is 5.73 Å². The minimum absolute atomic E-state index is 0.242. The summed E-state index contributed by atoms with van der Waals surface area (Å²) < 4.78 is 50.9. The van der Waals surface area contributed by atoms with Crippen molar-refractivity contribution in [3.8, 4) is 0 Å². The van der Waals surface area contributed by atoms with Gasteiger partial charge in [-0.15, -0.1) is 0 Å². The van der Waals surface area contributed by atoms with E-state index in [1.54, 1.807) is 0 Å². The fraction of sp³-hybridized carbons (Fsp3) is 0.333. The number of hydrogen-bond acceptors (Lipinski definition) is 3. The highest BCUT2D eigenvalue weighted by molar-refractivity contribution is 5.77. The molecule has 0 radical (unpaired) electrons. The second-order valence-electron chi connectivity index (χ2n) is 3.48. The normalized spacial score (nSPS) is 12.5. The molecule has 4 nitrogen and oxygen atoms in total. The zero-order chi connectivity index (χ0) is 12.6. The third-order valence-corrected chi connectivity index (χ3v) is 2.27. The Hall–Kier alpha value is -1.86. The van der Waals surface area contributed by atoms with Gasteiger partial charge in [-0.3, -0.25) is 4.98 Å². The maximum absolute atomic E-state index is 12.9. The third-order valence-electron chi connectivity index (χ3n) is 2.27. The van der Waals surface area contributed by atoms with Gasteiger partial charge in [-0.2, -0.15) is 8.78 Å². The van der Waals surface area contributed by atoms with Gasteiger partial charge >= 0.3 is 12.3 Å². The molecule has 17 heavy (non-hydrogen) atoms. The summed E-state index contributed by atoms with van der Waals surface area (Å²) in [5.41, 5.74) is 5.94. The van der Waals surface area contributed by atoms with Gasteiger partial charge in [-0.25, -0.2) is 13.8 Å². The molecule has 0 aliphatic rings. The average Bonchev–Trinajstić information content (AvgIpc) is 2.55. The van der Waals surface area contributed by atoms with Crippen LogP contribution in [0.1, 0.15) is 0 Å². The molecule has 0 saturated carbocycles. The van der Waals surface area contributed by atoms with Crippen LogP contribution in [0.5, 0.6) is 0 Å². The van der Waals surface area contributed by atoms with Crippen molar-refractivity contribution < 1.29 is 17.6 Å². The molecular formula is C9H8F4N4. The molecule has 0 saturated heterocycles. The summed E-state index contributed by atoms with van der Waals surface area (Å²) in [5.74, 6) is -4.39. The molecule has 0 fully saturated rings. The van der Waals surface area contributed by atoms with E-state index in [1.807, 2.05) is 0 Å². The van der Waals surface area contributed by atoms with Crippen LogP contribution in [0.25, 0.3) is 11.0 Å². The van der Waals surface area contributed by atoms with Crippen molar-refractivity contribution >= 4 is 17.0 Å². The van der Waals surface area contributed by atoms with Crippen molar-refractivity contribution in [3.05, 3.63) is 18.5 Å². The molecule has 2 rings (SSSR count). The molecule has 0 aliphatic carbocycles. The van der Waals surface area contributed by atoms with Gasteiger partial charge in [0.05, 0.1) is 18.3 Å². The van der Waals surface area contributed by atoms with Crippen molar-refractivity contribution in [2.75, 3.05) is 5.73 Å². The van der Waals surface area contributed by atoms with Crippen LogP contribution in [-0.4, -0.2) is 26.9 Å². The highest BCUT2D eigenvalue weighted by Gasteiger charge is 2.41. The molecule has 2 aromatic heterocycles. The number of aromatic nitrogens is 3. The molecule has 8 heteroatoms. The number of alkyl halides is 4. The summed E-state index contributed by atoms with van der Waals surface area (Å²) in [4.78, 5) is 7.49. The van der Waals surface area contributed by atoms with Crippen LogP contribution in [0.15, 0.2) is 18.5 Å². The first-order valence-electron chi connectivity index (χ1n) is 4.63. The van der Waals surface area contributed by atoms with Crippen LogP contribution in [0.3, 0.4) is 0 Å². The van der Waals surface area contributed by atoms with E-state index in [0.29, 0.717) is 0 Å². The number of nitrogen functional groups attached to an aromatic ring is 1. The molecule has 2 N–H and O–H groups in total. The first-order chi connectivity index (χ1) is 7.92. The number of pyridine rings is 1. The van der Waals surface area contributed by atoms with Gasteiger partial charge in [-0.1, -0.05) is 0 Å². The lowest BCUT2D eigenvalue weighted by Crippen LogP contribution is -2.32. The standard InChI is InChI=1S/C9H8F4N4/c10-7(11)9(12,13)4-17-6-1-2-15-3-5(6)16-8(17)14/h1-3,7H,4H2,(H2,14,16). The Balaban J connectivity index is 2.45. The molecule has 0 bridgehead atoms. The van der Waals surface area contributed by atoms with Crippen LogP contribution in [0.2, 0.25) is 0 Å². The van der Waals surface area contributed by atoms with Crippen molar-refractivity contribution in [2.24, 2.45) is 0 Å². The molecule has 0 aromatic carbocycles. The summed E-state index contributed by atoms with van der Waals surface area (Å²) >= 11 is 0. The minimum Gasteiger partial charge on any atom is -0.369 e. The lowest BCUT2D eigenvalue weighted by Gasteiger charge is -2.16. The van der Waals surface area contributed by atoms with Gasteiger partial charge in [0.1, 0.15) is 5.52 Å². The van der Waals surface area contributed by atoms with Crippen LogP contribution in [0, 0.1) is 0 Å². The maximum atomic E-state index is 12.9. The third kappa shape index (κ3) is 2.02. The number of halogens is 4. The summed E-state index contributed by atoms with van der Waals surface area (Å²) in [6.07, 6.45) is -1.08. The summed E-state index contributed by atoms with van der Waals surface area (Å²) in [6, 6.07) is 1.39. The SMILES string of the molecule is Nc1nc2cnccc2n1CC(F)(F)C(F)F. The molecule has 0 amide bonds. The molecule has 0 unspecified atom stereocenters. The largest absolute Gasteiger partial charge is 0.369 e. The first kappa shape index (κ1) is 11.6. The Morgan fingerprint density at radius 2 is 2.12 bits per heavy atom. The smallest absolute Gasteiger partial charge is 0.324 e. The van der Waals surface area contributed by atoms with E-state index in [-0.39, 0.29) is 17.0 Å². The van der Waals surface area contributed by atoms with Crippen molar-refractivity contribution in [1.82, 2.24) is 14.5 Å². The number of rotatable bonds is 3. The molecule has 0 atom stereocenters. The van der Waals surface area contributed by atoms with E-state index in [4.69, 9.17) is 5.73 Å². The fourth-order valence-corrected chi connectivity index (χ4v) is 1.45. The van der Waals surface area contributed by atoms with E-state index in [9.17, 15) is 17.6 Å². The van der Waals surface area contributed by atoms with Crippen molar-refractivity contribution in [3.63, 3.8) is 0 Å². The average molecular weight is 248 g/mol. The number of imidazole rings is 1. The quantitative estimate of drug-likeness (QED) is 0.844. The maximum Gasteiger partial charge on any atom is 0.324 e. The van der Waals surface area contributed by atoms with Gasteiger partial charge in [0.15, 0.2) is 0 Å². The zero-order valence-corrected chi connectivity index (χ0v) is 8.45. The van der Waals surface area contributed by atoms with Gasteiger partial charge in [-0.05, 0) is 6.07 Å². The number of anilines is 1. The number of fused-ring (bicyclic) bond motifs is 1. The second kappa shape index (κ2) is 3.86. The Morgan fingerprint density at radius 3 is 2.76 bits per heavy atom. The predicted octanol–water partition coefficient (Wildman–Crippen LogP) is 1.91. The first-order valence-corrected chi connectivity index (χ1v) is 4.63. The van der Waals surface area contributed by atoms with Gasteiger partial charge in [0.2, 0.25) is 5.95 Å². The van der Waals surface area contributed by atoms with Crippen LogP contribution in [-0.2, 0) is 6.54 Å². The summed E-state index contributed by atoms with van der Waals surface area (Å²) in [7, 11) is 0. The molecule has 0 aliphatic heterocycles. The monoisotopic (exact) mass is 248 g/mol. The van der Waals surface area contributed by atoms with Crippen molar-refractivity contribution in [1.29, 1.82) is 0 Å². The Bertz CT molecular complexity index is 537. The van der Waals surface area contributed by atoms with Gasteiger partial charge < -0.3 is 10.3 Å². The van der Waals surface area contributed by atoms with Crippen LogP contribution in [0.4, 0.5) is 23.5 Å². The minimum atomic E-state index is -4.15. The lowest BCUT2D eigenvalue weighted by molar-refractivity contribution is -0.136. The van der Waals surface area contributed by atoms with Gasteiger partial charge in [0.25, 0.3) is 0 Å². The van der Waals surface area contributed by atoms with Crippen LogP contribution >= 0.6 is 0 Å². The van der Waals surface area contributed by atoms with E-state index >= 15 is 0 Å². The lowest BCUT2D eigenvalue weighted by atomic mass is 10.3.